The molecule has 0 saturated heterocycles. The Kier molecular flexibility index (Phi) is 10.4. The standard InChI is InChI=1S/C5H12N2O2.2ClH/c1-5(7,3-6)4(8)9-2;;/h3,6-7H2,1-2H3;2*1H/t5-;;/m0../s1. The molecule has 0 fully saturated rings. The molecule has 0 aliphatic rings. The summed E-state index contributed by atoms with van der Waals surface area (Å²) < 4.78 is 4.36. The molecule has 0 aliphatic carbocycles. The van der Waals surface area contributed by atoms with Crippen LogP contribution in [0.25, 0.3) is 0 Å². The number of halogens is 2. The van der Waals surface area contributed by atoms with Crippen LogP contribution in [0.1, 0.15) is 6.92 Å². The molecule has 0 aromatic heterocycles. The zero-order chi connectivity index (χ0) is 7.49. The summed E-state index contributed by atoms with van der Waals surface area (Å²) in [6.45, 7) is 1.62. The fraction of sp³-hybridized carbons (Fsp3) is 0.800. The molecule has 0 bridgehead atoms. The van der Waals surface area contributed by atoms with Gasteiger partial charge in [-0.2, -0.15) is 0 Å². The third-order valence-electron chi connectivity index (χ3n) is 1.08. The van der Waals surface area contributed by atoms with Gasteiger partial charge in [0.25, 0.3) is 0 Å². The van der Waals surface area contributed by atoms with Crippen molar-refractivity contribution in [1.29, 1.82) is 0 Å². The first-order valence-electron chi connectivity index (χ1n) is 2.62. The average Bonchev–Trinajstić information content (AvgIpc) is 1.86. The summed E-state index contributed by atoms with van der Waals surface area (Å²) >= 11 is 0. The number of hydrogen-bond acceptors (Lipinski definition) is 4. The molecular formula is C5H14Cl2N2O2. The van der Waals surface area contributed by atoms with Crippen LogP contribution in [-0.4, -0.2) is 25.2 Å². The second-order valence-corrected chi connectivity index (χ2v) is 2.11. The molecule has 70 valence electrons. The van der Waals surface area contributed by atoms with Gasteiger partial charge in [-0.05, 0) is 6.92 Å². The number of carbonyl (C=O) groups is 1. The number of rotatable bonds is 2. The van der Waals surface area contributed by atoms with Gasteiger partial charge in [-0.25, -0.2) is 0 Å². The van der Waals surface area contributed by atoms with E-state index in [9.17, 15) is 4.79 Å². The number of esters is 1. The Morgan fingerprint density at radius 3 is 2.00 bits per heavy atom. The molecule has 0 amide bonds. The minimum atomic E-state index is -1.03. The Bertz CT molecular complexity index is 119. The van der Waals surface area contributed by atoms with Crippen molar-refractivity contribution in [3.63, 3.8) is 0 Å². The van der Waals surface area contributed by atoms with Gasteiger partial charge < -0.3 is 16.2 Å². The predicted molar refractivity (Wildman–Crippen MR) is 48.2 cm³/mol. The minimum absolute atomic E-state index is 0. The van der Waals surface area contributed by atoms with E-state index in [0.29, 0.717) is 0 Å². The van der Waals surface area contributed by atoms with Crippen LogP contribution in [0, 0.1) is 0 Å². The highest BCUT2D eigenvalue weighted by atomic mass is 35.5. The van der Waals surface area contributed by atoms with Crippen molar-refractivity contribution in [2.45, 2.75) is 12.5 Å². The average molecular weight is 205 g/mol. The van der Waals surface area contributed by atoms with E-state index in [2.05, 4.69) is 4.74 Å². The molecule has 0 aromatic rings. The molecule has 4 N–H and O–H groups in total. The van der Waals surface area contributed by atoms with Crippen LogP contribution in [0.4, 0.5) is 0 Å². The summed E-state index contributed by atoms with van der Waals surface area (Å²) in [5, 5.41) is 0. The topological polar surface area (TPSA) is 78.3 Å². The number of ether oxygens (including phenoxy) is 1. The SMILES string of the molecule is COC(=O)[C@@](C)(N)CN.Cl.Cl. The van der Waals surface area contributed by atoms with E-state index in [4.69, 9.17) is 11.5 Å². The number of methoxy groups -OCH3 is 1. The first-order valence-corrected chi connectivity index (χ1v) is 2.62. The highest BCUT2D eigenvalue weighted by molar-refractivity contribution is 5.85. The van der Waals surface area contributed by atoms with Crippen molar-refractivity contribution in [2.75, 3.05) is 13.7 Å². The van der Waals surface area contributed by atoms with Gasteiger partial charge in [-0.1, -0.05) is 0 Å². The third-order valence-corrected chi connectivity index (χ3v) is 1.08. The molecule has 0 heterocycles. The van der Waals surface area contributed by atoms with Gasteiger partial charge in [0.05, 0.1) is 7.11 Å². The lowest BCUT2D eigenvalue weighted by Crippen LogP contribution is -2.51. The van der Waals surface area contributed by atoms with Crippen LogP contribution < -0.4 is 11.5 Å². The van der Waals surface area contributed by atoms with E-state index < -0.39 is 11.5 Å². The summed E-state index contributed by atoms with van der Waals surface area (Å²) in [5.41, 5.74) is 9.49. The van der Waals surface area contributed by atoms with Crippen LogP contribution in [-0.2, 0) is 9.53 Å². The quantitative estimate of drug-likeness (QED) is 0.605. The van der Waals surface area contributed by atoms with Gasteiger partial charge >= 0.3 is 5.97 Å². The zero-order valence-electron chi connectivity index (χ0n) is 6.49. The normalized spacial score (nSPS) is 13.5. The Labute approximate surface area is 78.5 Å². The summed E-state index contributed by atoms with van der Waals surface area (Å²) in [5.74, 6) is -0.481. The van der Waals surface area contributed by atoms with E-state index in [1.54, 1.807) is 0 Å². The molecule has 0 aliphatic heterocycles. The van der Waals surface area contributed by atoms with E-state index in [-0.39, 0.29) is 31.4 Å². The summed E-state index contributed by atoms with van der Waals surface area (Å²) in [4.78, 5) is 10.6. The van der Waals surface area contributed by atoms with Gasteiger partial charge in [0.1, 0.15) is 5.54 Å². The number of nitrogens with two attached hydrogens (primary N) is 2. The fourth-order valence-corrected chi connectivity index (χ4v) is 0.316. The second kappa shape index (κ2) is 6.67. The van der Waals surface area contributed by atoms with Crippen LogP contribution in [0.5, 0.6) is 0 Å². The monoisotopic (exact) mass is 204 g/mol. The zero-order valence-corrected chi connectivity index (χ0v) is 8.13. The lowest BCUT2D eigenvalue weighted by atomic mass is 10.1. The Morgan fingerprint density at radius 1 is 1.55 bits per heavy atom. The van der Waals surface area contributed by atoms with Gasteiger partial charge in [-0.3, -0.25) is 4.79 Å². The predicted octanol–water partition coefficient (Wildman–Crippen LogP) is -0.321. The van der Waals surface area contributed by atoms with Crippen LogP contribution in [0.2, 0.25) is 0 Å². The Balaban J connectivity index is -0.000000320. The van der Waals surface area contributed by atoms with Crippen LogP contribution in [0.15, 0.2) is 0 Å². The van der Waals surface area contributed by atoms with Gasteiger partial charge in [-0.15, -0.1) is 24.8 Å². The highest BCUT2D eigenvalue weighted by Crippen LogP contribution is 1.96. The molecule has 0 aromatic carbocycles. The van der Waals surface area contributed by atoms with Crippen molar-refractivity contribution in [1.82, 2.24) is 0 Å². The molecule has 11 heavy (non-hydrogen) atoms. The lowest BCUT2D eigenvalue weighted by molar-refractivity contribution is -0.145. The van der Waals surface area contributed by atoms with Crippen molar-refractivity contribution < 1.29 is 9.53 Å². The molecular weight excluding hydrogens is 191 g/mol. The smallest absolute Gasteiger partial charge is 0.326 e. The van der Waals surface area contributed by atoms with E-state index in [1.807, 2.05) is 0 Å². The first-order chi connectivity index (χ1) is 4.04. The Morgan fingerprint density at radius 2 is 1.91 bits per heavy atom. The molecule has 0 radical (unpaired) electrons. The Hall–Kier alpha value is -0.0300. The van der Waals surface area contributed by atoms with Gasteiger partial charge in [0, 0.05) is 6.54 Å². The van der Waals surface area contributed by atoms with E-state index in [1.165, 1.54) is 14.0 Å². The number of carbonyl (C=O) groups excluding carboxylic acids is 1. The highest BCUT2D eigenvalue weighted by Gasteiger charge is 2.26. The van der Waals surface area contributed by atoms with Crippen LogP contribution >= 0.6 is 24.8 Å². The first kappa shape index (κ1) is 17.2. The summed E-state index contributed by atoms with van der Waals surface area (Å²) in [6.07, 6.45) is 0. The molecule has 0 saturated carbocycles. The molecule has 6 heteroatoms. The minimum Gasteiger partial charge on any atom is -0.468 e. The maximum atomic E-state index is 10.6. The maximum Gasteiger partial charge on any atom is 0.326 e. The van der Waals surface area contributed by atoms with Crippen molar-refractivity contribution in [3.05, 3.63) is 0 Å². The number of hydrogen-bond donors (Lipinski definition) is 2. The van der Waals surface area contributed by atoms with E-state index >= 15 is 0 Å². The second-order valence-electron chi connectivity index (χ2n) is 2.11. The van der Waals surface area contributed by atoms with Crippen LogP contribution in [0.3, 0.4) is 0 Å². The lowest BCUT2D eigenvalue weighted by Gasteiger charge is -2.17. The van der Waals surface area contributed by atoms with Crippen molar-refractivity contribution in [2.24, 2.45) is 11.5 Å². The fourth-order valence-electron chi connectivity index (χ4n) is 0.316. The summed E-state index contributed by atoms with van der Waals surface area (Å²) in [7, 11) is 1.28. The maximum absolute atomic E-state index is 10.6. The largest absolute Gasteiger partial charge is 0.468 e. The van der Waals surface area contributed by atoms with Crippen molar-refractivity contribution >= 4 is 30.8 Å². The van der Waals surface area contributed by atoms with Gasteiger partial charge in [0.2, 0.25) is 0 Å². The molecule has 0 spiro atoms. The molecule has 4 nitrogen and oxygen atoms in total. The summed E-state index contributed by atoms with van der Waals surface area (Å²) in [6, 6.07) is 0. The van der Waals surface area contributed by atoms with Crippen molar-refractivity contribution in [3.8, 4) is 0 Å². The molecule has 0 rings (SSSR count). The van der Waals surface area contributed by atoms with Gasteiger partial charge in [0.15, 0.2) is 0 Å². The van der Waals surface area contributed by atoms with E-state index in [0.717, 1.165) is 0 Å². The molecule has 1 atom stereocenters. The molecule has 0 unspecified atom stereocenters. The third kappa shape index (κ3) is 5.26.